The van der Waals surface area contributed by atoms with Crippen molar-refractivity contribution in [3.05, 3.63) is 0 Å². The summed E-state index contributed by atoms with van der Waals surface area (Å²) in [6.45, 7) is 11.8. The molecule has 0 aromatic carbocycles. The van der Waals surface area contributed by atoms with Crippen molar-refractivity contribution in [2.45, 2.75) is 59.7 Å². The third-order valence-corrected chi connectivity index (χ3v) is 1.73. The Morgan fingerprint density at radius 2 is 1.75 bits per heavy atom. The Morgan fingerprint density at radius 3 is 2.12 bits per heavy atom. The van der Waals surface area contributed by atoms with Crippen LogP contribution in [0.3, 0.4) is 0 Å². The van der Waals surface area contributed by atoms with Gasteiger partial charge in [0, 0.05) is 6.54 Å². The number of carbonyl (C=O) groups is 1. The predicted octanol–water partition coefficient (Wildman–Crippen LogP) is 2.31. The van der Waals surface area contributed by atoms with Gasteiger partial charge in [-0.15, -0.1) is 0 Å². The number of carbonyl (C=O) groups excluding carboxylic acids is 1. The topological polar surface area (TPSA) is 58.6 Å². The van der Waals surface area contributed by atoms with Crippen LogP contribution in [0.4, 0.5) is 4.79 Å². The highest BCUT2D eigenvalue weighted by Crippen LogP contribution is 2.20. The fourth-order valence-corrected chi connectivity index (χ4v) is 1.29. The number of aliphatic hydroxyl groups is 1. The Labute approximate surface area is 98.4 Å². The van der Waals surface area contributed by atoms with Gasteiger partial charge in [-0.3, -0.25) is 0 Å². The van der Waals surface area contributed by atoms with Crippen LogP contribution in [0.15, 0.2) is 0 Å². The Bertz CT molecular complexity index is 225. The summed E-state index contributed by atoms with van der Waals surface area (Å²) in [4.78, 5) is 11.3. The molecule has 4 heteroatoms. The van der Waals surface area contributed by atoms with Gasteiger partial charge in [-0.1, -0.05) is 20.8 Å². The highest BCUT2D eigenvalue weighted by molar-refractivity contribution is 5.67. The second-order valence-corrected chi connectivity index (χ2v) is 6.30. The van der Waals surface area contributed by atoms with Crippen LogP contribution in [0.2, 0.25) is 0 Å². The highest BCUT2D eigenvalue weighted by Gasteiger charge is 2.19. The van der Waals surface area contributed by atoms with Crippen molar-refractivity contribution in [2.75, 3.05) is 6.54 Å². The van der Waals surface area contributed by atoms with Crippen LogP contribution < -0.4 is 5.32 Å². The summed E-state index contributed by atoms with van der Waals surface area (Å²) in [6, 6.07) is 0. The Hall–Kier alpha value is -0.770. The fraction of sp³-hybridized carbons (Fsp3) is 0.917. The molecule has 0 spiro atoms. The molecule has 0 radical (unpaired) electrons. The standard InChI is InChI=1S/C12H25NO3/c1-11(2,3)7-9(14)8-13-10(15)16-12(4,5)6/h9,14H,7-8H2,1-6H3,(H,13,15). The van der Waals surface area contributed by atoms with Crippen LogP contribution in [0.5, 0.6) is 0 Å². The van der Waals surface area contributed by atoms with Crippen molar-refractivity contribution in [3.8, 4) is 0 Å². The summed E-state index contributed by atoms with van der Waals surface area (Å²) < 4.78 is 5.06. The monoisotopic (exact) mass is 231 g/mol. The Kier molecular flexibility index (Phi) is 5.26. The zero-order valence-electron chi connectivity index (χ0n) is 11.3. The molecule has 0 aromatic rings. The van der Waals surface area contributed by atoms with E-state index in [1.54, 1.807) is 20.8 Å². The average Bonchev–Trinajstić information content (AvgIpc) is 1.94. The zero-order valence-corrected chi connectivity index (χ0v) is 11.3. The highest BCUT2D eigenvalue weighted by atomic mass is 16.6. The minimum atomic E-state index is -0.535. The van der Waals surface area contributed by atoms with Crippen LogP contribution >= 0.6 is 0 Å². The minimum absolute atomic E-state index is 0.0506. The van der Waals surface area contributed by atoms with Crippen LogP contribution in [-0.2, 0) is 4.74 Å². The largest absolute Gasteiger partial charge is 0.444 e. The third-order valence-electron chi connectivity index (χ3n) is 1.73. The van der Waals surface area contributed by atoms with E-state index in [9.17, 15) is 9.90 Å². The normalized spacial score (nSPS) is 14.4. The molecule has 0 fully saturated rings. The van der Waals surface area contributed by atoms with E-state index in [0.717, 1.165) is 0 Å². The number of rotatable bonds is 3. The van der Waals surface area contributed by atoms with E-state index in [-0.39, 0.29) is 12.0 Å². The molecule has 0 rings (SSSR count). The van der Waals surface area contributed by atoms with Crippen molar-refractivity contribution in [1.82, 2.24) is 5.32 Å². The summed E-state index contributed by atoms with van der Waals surface area (Å²) >= 11 is 0. The first-order chi connectivity index (χ1) is 6.99. The van der Waals surface area contributed by atoms with Crippen LogP contribution in [0.1, 0.15) is 48.0 Å². The fourth-order valence-electron chi connectivity index (χ4n) is 1.29. The van der Waals surface area contributed by atoms with Crippen LogP contribution in [-0.4, -0.2) is 29.4 Å². The molecule has 0 aliphatic carbocycles. The second kappa shape index (κ2) is 5.53. The van der Waals surface area contributed by atoms with Crippen molar-refractivity contribution in [2.24, 2.45) is 5.41 Å². The molecule has 16 heavy (non-hydrogen) atoms. The molecule has 1 unspecified atom stereocenters. The molecule has 1 atom stereocenters. The maximum atomic E-state index is 11.3. The van der Waals surface area contributed by atoms with Gasteiger partial charge in [-0.2, -0.15) is 0 Å². The Balaban J connectivity index is 3.85. The molecule has 0 aromatic heterocycles. The van der Waals surface area contributed by atoms with Gasteiger partial charge in [0.15, 0.2) is 0 Å². The molecule has 4 nitrogen and oxygen atoms in total. The molecular formula is C12H25NO3. The van der Waals surface area contributed by atoms with E-state index in [0.29, 0.717) is 6.42 Å². The lowest BCUT2D eigenvalue weighted by atomic mass is 9.89. The molecule has 0 saturated carbocycles. The Morgan fingerprint density at radius 1 is 1.25 bits per heavy atom. The molecule has 1 amide bonds. The lowest BCUT2D eigenvalue weighted by Gasteiger charge is -2.24. The summed E-state index contributed by atoms with van der Waals surface area (Å²) in [7, 11) is 0. The molecule has 96 valence electrons. The second-order valence-electron chi connectivity index (χ2n) is 6.30. The third kappa shape index (κ3) is 9.77. The van der Waals surface area contributed by atoms with Crippen LogP contribution in [0.25, 0.3) is 0 Å². The van der Waals surface area contributed by atoms with Gasteiger partial charge in [-0.25, -0.2) is 4.79 Å². The number of aliphatic hydroxyl groups excluding tert-OH is 1. The molecule has 0 aliphatic heterocycles. The van der Waals surface area contributed by atoms with Gasteiger partial charge in [0.1, 0.15) is 5.60 Å². The van der Waals surface area contributed by atoms with Crippen molar-refractivity contribution < 1.29 is 14.6 Å². The van der Waals surface area contributed by atoms with E-state index >= 15 is 0 Å². The van der Waals surface area contributed by atoms with Crippen molar-refractivity contribution >= 4 is 6.09 Å². The SMILES string of the molecule is CC(C)(C)CC(O)CNC(=O)OC(C)(C)C. The first kappa shape index (κ1) is 15.2. The van der Waals surface area contributed by atoms with Gasteiger partial charge < -0.3 is 15.2 Å². The van der Waals surface area contributed by atoms with Gasteiger partial charge in [0.25, 0.3) is 0 Å². The molecule has 0 saturated heterocycles. The van der Waals surface area contributed by atoms with Crippen molar-refractivity contribution in [1.29, 1.82) is 0 Å². The summed E-state index contributed by atoms with van der Waals surface area (Å²) in [6.07, 6.45) is -0.379. The number of hydrogen-bond donors (Lipinski definition) is 2. The van der Waals surface area contributed by atoms with Crippen LogP contribution in [0, 0.1) is 5.41 Å². The van der Waals surface area contributed by atoms with Gasteiger partial charge in [0.2, 0.25) is 0 Å². The summed E-state index contributed by atoms with van der Waals surface area (Å²) in [5.41, 5.74) is -0.450. The van der Waals surface area contributed by atoms with E-state index in [4.69, 9.17) is 4.74 Å². The molecule has 2 N–H and O–H groups in total. The van der Waals surface area contributed by atoms with E-state index in [1.807, 2.05) is 20.8 Å². The molecule has 0 aliphatic rings. The maximum absolute atomic E-state index is 11.3. The van der Waals surface area contributed by atoms with Gasteiger partial charge in [-0.05, 0) is 32.6 Å². The lowest BCUT2D eigenvalue weighted by Crippen LogP contribution is -2.37. The van der Waals surface area contributed by atoms with E-state index < -0.39 is 17.8 Å². The zero-order chi connectivity index (χ0) is 13.0. The first-order valence-electron chi connectivity index (χ1n) is 5.64. The minimum Gasteiger partial charge on any atom is -0.444 e. The quantitative estimate of drug-likeness (QED) is 0.783. The molecular weight excluding hydrogens is 206 g/mol. The number of hydrogen-bond acceptors (Lipinski definition) is 3. The predicted molar refractivity (Wildman–Crippen MR) is 64.3 cm³/mol. The summed E-state index contributed by atoms with van der Waals surface area (Å²) in [5.74, 6) is 0. The number of ether oxygens (including phenoxy) is 1. The molecule has 0 heterocycles. The average molecular weight is 231 g/mol. The summed E-state index contributed by atoms with van der Waals surface area (Å²) in [5, 5.41) is 12.2. The molecule has 0 bridgehead atoms. The maximum Gasteiger partial charge on any atom is 0.407 e. The number of alkyl carbamates (subject to hydrolysis) is 1. The van der Waals surface area contributed by atoms with Crippen molar-refractivity contribution in [3.63, 3.8) is 0 Å². The number of nitrogens with one attached hydrogen (secondary N) is 1. The first-order valence-corrected chi connectivity index (χ1v) is 5.64. The van der Waals surface area contributed by atoms with Gasteiger partial charge >= 0.3 is 6.09 Å². The van der Waals surface area contributed by atoms with E-state index in [1.165, 1.54) is 0 Å². The lowest BCUT2D eigenvalue weighted by molar-refractivity contribution is 0.0469. The van der Waals surface area contributed by atoms with Gasteiger partial charge in [0.05, 0.1) is 6.10 Å². The smallest absolute Gasteiger partial charge is 0.407 e. The van der Waals surface area contributed by atoms with E-state index in [2.05, 4.69) is 5.32 Å². The number of amides is 1.